The van der Waals surface area contributed by atoms with Crippen molar-refractivity contribution in [1.82, 2.24) is 4.90 Å². The second-order valence-corrected chi connectivity index (χ2v) is 6.60. The van der Waals surface area contributed by atoms with E-state index in [0.717, 1.165) is 24.8 Å². The Kier molecular flexibility index (Phi) is 4.39. The quantitative estimate of drug-likeness (QED) is 0.915. The molecule has 6 heteroatoms. The Morgan fingerprint density at radius 1 is 1.17 bits per heavy atom. The van der Waals surface area contributed by atoms with E-state index in [4.69, 9.17) is 9.47 Å². The first-order chi connectivity index (χ1) is 11.5. The van der Waals surface area contributed by atoms with Crippen LogP contribution >= 0.6 is 0 Å². The number of carboxylic acids is 1. The molecule has 1 aliphatic carbocycles. The van der Waals surface area contributed by atoms with Gasteiger partial charge in [0.15, 0.2) is 0 Å². The number of rotatable bonds is 4. The van der Waals surface area contributed by atoms with Crippen LogP contribution in [-0.4, -0.2) is 48.7 Å². The summed E-state index contributed by atoms with van der Waals surface area (Å²) < 4.78 is 10.6. The summed E-state index contributed by atoms with van der Waals surface area (Å²) in [4.78, 5) is 26.3. The molecule has 1 saturated carbocycles. The molecule has 1 saturated heterocycles. The molecular formula is C18H23NO5. The molecule has 0 bridgehead atoms. The van der Waals surface area contributed by atoms with Gasteiger partial charge in [-0.25, -0.2) is 4.79 Å². The van der Waals surface area contributed by atoms with E-state index in [-0.39, 0.29) is 11.8 Å². The number of hydrogen-bond donors (Lipinski definition) is 1. The third-order valence-electron chi connectivity index (χ3n) is 5.40. The number of nitrogens with zero attached hydrogens (tertiary/aromatic N) is 1. The largest absolute Gasteiger partial charge is 0.496 e. The van der Waals surface area contributed by atoms with E-state index in [9.17, 15) is 14.7 Å². The van der Waals surface area contributed by atoms with Crippen LogP contribution in [0.15, 0.2) is 12.1 Å². The predicted octanol–water partition coefficient (Wildman–Crippen LogP) is 2.34. The van der Waals surface area contributed by atoms with Crippen LogP contribution in [0.4, 0.5) is 0 Å². The number of likely N-dealkylation sites (tertiary alicyclic amines) is 1. The lowest BCUT2D eigenvalue weighted by atomic mass is 9.94. The van der Waals surface area contributed by atoms with Crippen molar-refractivity contribution in [3.63, 3.8) is 0 Å². The van der Waals surface area contributed by atoms with Gasteiger partial charge in [0, 0.05) is 17.7 Å². The first-order valence-electron chi connectivity index (χ1n) is 8.24. The number of amides is 1. The number of benzene rings is 1. The predicted molar refractivity (Wildman–Crippen MR) is 87.6 cm³/mol. The number of carbonyl (C=O) groups excluding carboxylic acids is 1. The summed E-state index contributed by atoms with van der Waals surface area (Å²) in [6.45, 7) is 2.37. The number of methoxy groups -OCH3 is 2. The van der Waals surface area contributed by atoms with Crippen molar-refractivity contribution < 1.29 is 24.2 Å². The van der Waals surface area contributed by atoms with Crippen LogP contribution in [-0.2, 0) is 4.79 Å². The van der Waals surface area contributed by atoms with Crippen LogP contribution < -0.4 is 9.47 Å². The van der Waals surface area contributed by atoms with Crippen molar-refractivity contribution in [1.29, 1.82) is 0 Å². The van der Waals surface area contributed by atoms with Crippen molar-refractivity contribution in [2.75, 3.05) is 20.8 Å². The Bertz CT molecular complexity index is 646. The second-order valence-electron chi connectivity index (χ2n) is 6.60. The zero-order valence-electron chi connectivity index (χ0n) is 14.2. The fraction of sp³-hybridized carbons (Fsp3) is 0.556. The minimum atomic E-state index is -0.913. The van der Waals surface area contributed by atoms with E-state index in [1.165, 1.54) is 19.1 Å². The highest BCUT2D eigenvalue weighted by molar-refractivity contribution is 5.98. The molecule has 0 radical (unpaired) electrons. The van der Waals surface area contributed by atoms with Gasteiger partial charge in [0.1, 0.15) is 17.5 Å². The van der Waals surface area contributed by atoms with Gasteiger partial charge in [-0.1, -0.05) is 6.42 Å². The molecule has 3 unspecified atom stereocenters. The molecule has 3 rings (SSSR count). The molecule has 130 valence electrons. The summed E-state index contributed by atoms with van der Waals surface area (Å²) >= 11 is 0. The lowest BCUT2D eigenvalue weighted by molar-refractivity contribution is -0.142. The van der Waals surface area contributed by atoms with Gasteiger partial charge in [-0.05, 0) is 43.7 Å². The zero-order valence-corrected chi connectivity index (χ0v) is 14.2. The van der Waals surface area contributed by atoms with E-state index in [0.29, 0.717) is 29.5 Å². The number of carboxylic acid groups (broad SMARTS) is 1. The van der Waals surface area contributed by atoms with Gasteiger partial charge >= 0.3 is 5.97 Å². The fourth-order valence-electron chi connectivity index (χ4n) is 4.21. The second kappa shape index (κ2) is 6.34. The molecule has 1 aromatic rings. The van der Waals surface area contributed by atoms with Crippen LogP contribution in [0.1, 0.15) is 35.2 Å². The van der Waals surface area contributed by atoms with Crippen LogP contribution in [0.2, 0.25) is 0 Å². The van der Waals surface area contributed by atoms with Gasteiger partial charge in [-0.15, -0.1) is 0 Å². The Hall–Kier alpha value is -2.24. The summed E-state index contributed by atoms with van der Waals surface area (Å²) in [5.41, 5.74) is 1.21. The van der Waals surface area contributed by atoms with Gasteiger partial charge in [-0.3, -0.25) is 4.79 Å². The van der Waals surface area contributed by atoms with Gasteiger partial charge in [0.05, 0.1) is 14.2 Å². The zero-order chi connectivity index (χ0) is 17.4. The van der Waals surface area contributed by atoms with E-state index >= 15 is 0 Å². The topological polar surface area (TPSA) is 76.1 Å². The van der Waals surface area contributed by atoms with Gasteiger partial charge < -0.3 is 19.5 Å². The highest BCUT2D eigenvalue weighted by atomic mass is 16.5. The SMILES string of the molecule is COc1cc(C(=O)N2CC3CCCC3C2C(=O)O)cc(OC)c1C. The maximum atomic E-state index is 13.0. The highest BCUT2D eigenvalue weighted by Gasteiger charge is 2.49. The number of fused-ring (bicyclic) bond motifs is 1. The van der Waals surface area contributed by atoms with Crippen molar-refractivity contribution >= 4 is 11.9 Å². The molecule has 0 aromatic heterocycles. The van der Waals surface area contributed by atoms with Gasteiger partial charge in [-0.2, -0.15) is 0 Å². The molecule has 1 aliphatic heterocycles. The first kappa shape index (κ1) is 16.6. The van der Waals surface area contributed by atoms with Crippen molar-refractivity contribution in [2.45, 2.75) is 32.2 Å². The van der Waals surface area contributed by atoms with Gasteiger partial charge in [0.2, 0.25) is 0 Å². The molecule has 2 fully saturated rings. The van der Waals surface area contributed by atoms with Crippen LogP contribution in [0, 0.1) is 18.8 Å². The molecule has 1 heterocycles. The Labute approximate surface area is 141 Å². The summed E-state index contributed by atoms with van der Waals surface area (Å²) in [7, 11) is 3.08. The fourth-order valence-corrected chi connectivity index (χ4v) is 4.21. The van der Waals surface area contributed by atoms with Crippen LogP contribution in [0.25, 0.3) is 0 Å². The molecule has 2 aliphatic rings. The third kappa shape index (κ3) is 2.60. The molecule has 1 N–H and O–H groups in total. The minimum absolute atomic E-state index is 0.0701. The van der Waals surface area contributed by atoms with Gasteiger partial charge in [0.25, 0.3) is 5.91 Å². The molecule has 24 heavy (non-hydrogen) atoms. The Balaban J connectivity index is 1.95. The van der Waals surface area contributed by atoms with E-state index in [1.54, 1.807) is 12.1 Å². The molecule has 6 nitrogen and oxygen atoms in total. The molecular weight excluding hydrogens is 310 g/mol. The van der Waals surface area contributed by atoms with Crippen LogP contribution in [0.5, 0.6) is 11.5 Å². The van der Waals surface area contributed by atoms with Crippen molar-refractivity contribution in [3.8, 4) is 11.5 Å². The smallest absolute Gasteiger partial charge is 0.326 e. The average molecular weight is 333 g/mol. The Morgan fingerprint density at radius 3 is 2.33 bits per heavy atom. The molecule has 1 amide bonds. The van der Waals surface area contributed by atoms with E-state index in [1.807, 2.05) is 6.92 Å². The van der Waals surface area contributed by atoms with Crippen molar-refractivity contribution in [2.24, 2.45) is 11.8 Å². The normalized spacial score (nSPS) is 25.5. The lowest BCUT2D eigenvalue weighted by Crippen LogP contribution is -2.43. The highest BCUT2D eigenvalue weighted by Crippen LogP contribution is 2.43. The summed E-state index contributed by atoms with van der Waals surface area (Å²) in [6.07, 6.45) is 2.93. The monoisotopic (exact) mass is 333 g/mol. The van der Waals surface area contributed by atoms with Crippen LogP contribution in [0.3, 0.4) is 0 Å². The number of hydrogen-bond acceptors (Lipinski definition) is 4. The van der Waals surface area contributed by atoms with Crippen molar-refractivity contribution in [3.05, 3.63) is 23.3 Å². The maximum Gasteiger partial charge on any atom is 0.326 e. The standard InChI is InChI=1S/C18H23NO5/c1-10-14(23-2)7-12(8-15(10)24-3)17(20)19-9-11-5-4-6-13(11)16(19)18(21)22/h7-8,11,13,16H,4-6,9H2,1-3H3,(H,21,22). The summed E-state index contributed by atoms with van der Waals surface area (Å²) in [6, 6.07) is 2.59. The Morgan fingerprint density at radius 2 is 1.79 bits per heavy atom. The lowest BCUT2D eigenvalue weighted by Gasteiger charge is -2.25. The molecule has 1 aromatic carbocycles. The number of ether oxygens (including phenoxy) is 2. The van der Waals surface area contributed by atoms with E-state index < -0.39 is 12.0 Å². The maximum absolute atomic E-state index is 13.0. The number of aliphatic carboxylic acids is 1. The summed E-state index contributed by atoms with van der Waals surface area (Å²) in [5, 5.41) is 9.63. The van der Waals surface area contributed by atoms with E-state index in [2.05, 4.69) is 0 Å². The average Bonchev–Trinajstić information content (AvgIpc) is 3.14. The molecule has 3 atom stereocenters. The number of carbonyl (C=O) groups is 2. The minimum Gasteiger partial charge on any atom is -0.496 e. The molecule has 0 spiro atoms. The third-order valence-corrected chi connectivity index (χ3v) is 5.40. The summed E-state index contributed by atoms with van der Waals surface area (Å²) in [5.74, 6) is 0.301. The first-order valence-corrected chi connectivity index (χ1v) is 8.24.